The normalized spacial score (nSPS) is 34.2. The Morgan fingerprint density at radius 3 is 2.50 bits per heavy atom. The zero-order valence-electron chi connectivity index (χ0n) is 7.10. The molecule has 0 aromatic carbocycles. The van der Waals surface area contributed by atoms with E-state index in [1.54, 1.807) is 0 Å². The van der Waals surface area contributed by atoms with Crippen LogP contribution in [0.5, 0.6) is 0 Å². The van der Waals surface area contributed by atoms with Crippen molar-refractivity contribution in [1.29, 1.82) is 0 Å². The van der Waals surface area contributed by atoms with Crippen LogP contribution in [0.2, 0.25) is 0 Å². The van der Waals surface area contributed by atoms with Gasteiger partial charge in [0, 0.05) is 5.25 Å². The van der Waals surface area contributed by atoms with Crippen LogP contribution in [0.1, 0.15) is 39.0 Å². The fourth-order valence-corrected chi connectivity index (χ4v) is 3.07. The number of rotatable bonds is 2. The summed E-state index contributed by atoms with van der Waals surface area (Å²) in [4.78, 5) is 0. The van der Waals surface area contributed by atoms with E-state index in [0.29, 0.717) is 0 Å². The molecule has 0 heterocycles. The largest absolute Gasteiger partial charge is 0.162 e. The second kappa shape index (κ2) is 4.27. The molecule has 1 heteroatoms. The van der Waals surface area contributed by atoms with Crippen molar-refractivity contribution in [3.05, 3.63) is 0 Å². The van der Waals surface area contributed by atoms with Gasteiger partial charge in [-0.2, -0.15) is 11.8 Å². The van der Waals surface area contributed by atoms with Gasteiger partial charge >= 0.3 is 0 Å². The van der Waals surface area contributed by atoms with Crippen LogP contribution in [-0.2, 0) is 0 Å². The van der Waals surface area contributed by atoms with Gasteiger partial charge in [-0.3, -0.25) is 0 Å². The van der Waals surface area contributed by atoms with Crippen LogP contribution >= 0.6 is 11.8 Å². The summed E-state index contributed by atoms with van der Waals surface area (Å²) >= 11 is 2.08. The highest BCUT2D eigenvalue weighted by Crippen LogP contribution is 2.33. The van der Waals surface area contributed by atoms with Crippen LogP contribution in [0.25, 0.3) is 0 Å². The van der Waals surface area contributed by atoms with Gasteiger partial charge < -0.3 is 0 Å². The second-order valence-corrected chi connectivity index (χ2v) is 4.30. The molecule has 0 aromatic rings. The van der Waals surface area contributed by atoms with Gasteiger partial charge in [-0.05, 0) is 25.0 Å². The first-order valence-corrected chi connectivity index (χ1v) is 5.70. The van der Waals surface area contributed by atoms with Crippen LogP contribution in [0.3, 0.4) is 0 Å². The van der Waals surface area contributed by atoms with Gasteiger partial charge in [0.25, 0.3) is 0 Å². The summed E-state index contributed by atoms with van der Waals surface area (Å²) in [7, 11) is 0. The van der Waals surface area contributed by atoms with Gasteiger partial charge in [0.1, 0.15) is 0 Å². The van der Waals surface area contributed by atoms with Crippen LogP contribution in [0.4, 0.5) is 0 Å². The fourth-order valence-electron chi connectivity index (χ4n) is 1.95. The molecule has 0 nitrogen and oxygen atoms in total. The molecular formula is C9H18S. The van der Waals surface area contributed by atoms with E-state index in [1.807, 2.05) is 0 Å². The number of thioether (sulfide) groups is 1. The molecule has 0 radical (unpaired) electrons. The second-order valence-electron chi connectivity index (χ2n) is 3.23. The molecule has 0 saturated heterocycles. The Hall–Kier alpha value is 0.350. The van der Waals surface area contributed by atoms with Crippen molar-refractivity contribution in [3.63, 3.8) is 0 Å². The lowest BCUT2D eigenvalue weighted by atomic mass is 9.87. The van der Waals surface area contributed by atoms with E-state index in [1.165, 1.54) is 32.1 Å². The van der Waals surface area contributed by atoms with Crippen LogP contribution in [0, 0.1) is 5.92 Å². The van der Waals surface area contributed by atoms with Crippen molar-refractivity contribution in [1.82, 2.24) is 0 Å². The predicted molar refractivity (Wildman–Crippen MR) is 49.6 cm³/mol. The van der Waals surface area contributed by atoms with Crippen molar-refractivity contribution < 1.29 is 0 Å². The zero-order valence-corrected chi connectivity index (χ0v) is 7.91. The smallest absolute Gasteiger partial charge is 0.00724 e. The Kier molecular flexibility index (Phi) is 3.61. The van der Waals surface area contributed by atoms with Crippen molar-refractivity contribution in [3.8, 4) is 0 Å². The average Bonchev–Trinajstić information content (AvgIpc) is 2.04. The molecule has 0 N–H and O–H groups in total. The van der Waals surface area contributed by atoms with Gasteiger partial charge in [-0.1, -0.05) is 26.2 Å². The van der Waals surface area contributed by atoms with E-state index in [2.05, 4.69) is 24.9 Å². The van der Waals surface area contributed by atoms with E-state index >= 15 is 0 Å². The van der Waals surface area contributed by atoms with Crippen LogP contribution in [0.15, 0.2) is 0 Å². The molecule has 1 aliphatic carbocycles. The summed E-state index contributed by atoms with van der Waals surface area (Å²) in [6.45, 7) is 2.33. The van der Waals surface area contributed by atoms with Crippen molar-refractivity contribution >= 4 is 11.8 Å². The Labute approximate surface area is 68.8 Å². The third kappa shape index (κ3) is 1.91. The van der Waals surface area contributed by atoms with Crippen LogP contribution < -0.4 is 0 Å². The molecular weight excluding hydrogens is 140 g/mol. The Morgan fingerprint density at radius 1 is 1.30 bits per heavy atom. The SMILES string of the molecule is CCC1CCCCC1SC. The Bertz CT molecular complexity index is 78.7. The lowest BCUT2D eigenvalue weighted by Crippen LogP contribution is -2.20. The quantitative estimate of drug-likeness (QED) is 0.594. The minimum absolute atomic E-state index is 0.985. The monoisotopic (exact) mass is 158 g/mol. The minimum atomic E-state index is 0.985. The highest BCUT2D eigenvalue weighted by molar-refractivity contribution is 7.99. The highest BCUT2D eigenvalue weighted by atomic mass is 32.2. The molecule has 0 aromatic heterocycles. The van der Waals surface area contributed by atoms with Crippen molar-refractivity contribution in [2.24, 2.45) is 5.92 Å². The van der Waals surface area contributed by atoms with E-state index in [0.717, 1.165) is 11.2 Å². The summed E-state index contributed by atoms with van der Waals surface area (Å²) < 4.78 is 0. The molecule has 0 bridgehead atoms. The summed E-state index contributed by atoms with van der Waals surface area (Å²) in [5.74, 6) is 1.03. The van der Waals surface area contributed by atoms with E-state index in [4.69, 9.17) is 0 Å². The maximum absolute atomic E-state index is 2.33. The molecule has 1 fully saturated rings. The topological polar surface area (TPSA) is 0 Å². The summed E-state index contributed by atoms with van der Waals surface area (Å²) in [6, 6.07) is 0. The van der Waals surface area contributed by atoms with Gasteiger partial charge in [-0.25, -0.2) is 0 Å². The van der Waals surface area contributed by atoms with Crippen molar-refractivity contribution in [2.45, 2.75) is 44.3 Å². The van der Waals surface area contributed by atoms with Crippen molar-refractivity contribution in [2.75, 3.05) is 6.26 Å². The number of hydrogen-bond donors (Lipinski definition) is 0. The fraction of sp³-hybridized carbons (Fsp3) is 1.00. The molecule has 60 valence electrons. The maximum Gasteiger partial charge on any atom is 0.00724 e. The van der Waals surface area contributed by atoms with Gasteiger partial charge in [0.2, 0.25) is 0 Å². The summed E-state index contributed by atoms with van der Waals surface area (Å²) in [5, 5.41) is 0.985. The lowest BCUT2D eigenvalue weighted by Gasteiger charge is -2.29. The maximum atomic E-state index is 2.33. The van der Waals surface area contributed by atoms with Gasteiger partial charge in [0.15, 0.2) is 0 Å². The molecule has 0 amide bonds. The zero-order chi connectivity index (χ0) is 7.40. The average molecular weight is 158 g/mol. The van der Waals surface area contributed by atoms with E-state index in [-0.39, 0.29) is 0 Å². The van der Waals surface area contributed by atoms with E-state index < -0.39 is 0 Å². The van der Waals surface area contributed by atoms with E-state index in [9.17, 15) is 0 Å². The predicted octanol–water partition coefficient (Wildman–Crippen LogP) is 3.32. The Morgan fingerprint density at radius 2 is 2.00 bits per heavy atom. The van der Waals surface area contributed by atoms with Gasteiger partial charge in [0.05, 0.1) is 0 Å². The number of hydrogen-bond acceptors (Lipinski definition) is 1. The first-order valence-electron chi connectivity index (χ1n) is 4.41. The summed E-state index contributed by atoms with van der Waals surface area (Å²) in [5.41, 5.74) is 0. The molecule has 1 rings (SSSR count). The molecule has 2 unspecified atom stereocenters. The van der Waals surface area contributed by atoms with Gasteiger partial charge in [-0.15, -0.1) is 0 Å². The molecule has 1 aliphatic rings. The minimum Gasteiger partial charge on any atom is -0.162 e. The van der Waals surface area contributed by atoms with Crippen LogP contribution in [-0.4, -0.2) is 11.5 Å². The standard InChI is InChI=1S/C9H18S/c1-3-8-6-4-5-7-9(8)10-2/h8-9H,3-7H2,1-2H3. The molecule has 1 saturated carbocycles. The molecule has 2 atom stereocenters. The first-order chi connectivity index (χ1) is 4.88. The highest BCUT2D eigenvalue weighted by Gasteiger charge is 2.21. The third-order valence-corrected chi connectivity index (χ3v) is 3.89. The molecule has 0 aliphatic heterocycles. The molecule has 0 spiro atoms. The first kappa shape index (κ1) is 8.45. The Balaban J connectivity index is 2.34. The third-order valence-electron chi connectivity index (χ3n) is 2.67. The summed E-state index contributed by atoms with van der Waals surface area (Å²) in [6.07, 6.45) is 9.57. The lowest BCUT2D eigenvalue weighted by molar-refractivity contribution is 0.362. The molecule has 10 heavy (non-hydrogen) atoms.